The molecule has 0 radical (unpaired) electrons. The van der Waals surface area contributed by atoms with Crippen LogP contribution in [-0.4, -0.2) is 25.1 Å². The van der Waals surface area contributed by atoms with Gasteiger partial charge in [0.25, 0.3) is 0 Å². The van der Waals surface area contributed by atoms with Crippen LogP contribution in [0.3, 0.4) is 0 Å². The van der Waals surface area contributed by atoms with Crippen molar-refractivity contribution in [2.75, 3.05) is 19.5 Å². The van der Waals surface area contributed by atoms with E-state index in [0.717, 1.165) is 21.1 Å². The normalized spacial score (nSPS) is 10.5. The molecule has 2 aromatic carbocycles. The fourth-order valence-electron chi connectivity index (χ4n) is 2.77. The molecule has 0 atom stereocenters. The maximum absolute atomic E-state index is 12.6. The molecule has 1 N–H and O–H groups in total. The van der Waals surface area contributed by atoms with Gasteiger partial charge in [-0.05, 0) is 26.0 Å². The van der Waals surface area contributed by atoms with E-state index in [-0.39, 0.29) is 12.3 Å². The van der Waals surface area contributed by atoms with Gasteiger partial charge in [0.1, 0.15) is 11.5 Å². The monoisotopic (exact) mass is 382 g/mol. The molecule has 0 bridgehead atoms. The van der Waals surface area contributed by atoms with E-state index >= 15 is 0 Å². The van der Waals surface area contributed by atoms with Crippen molar-refractivity contribution in [1.29, 1.82) is 0 Å². The number of carbonyl (C=O) groups is 1. The van der Waals surface area contributed by atoms with Gasteiger partial charge < -0.3 is 14.8 Å². The smallest absolute Gasteiger partial charge is 0.229 e. The Kier molecular flexibility index (Phi) is 5.76. The number of ether oxygens (including phenoxy) is 2. The summed E-state index contributed by atoms with van der Waals surface area (Å²) >= 11 is 1.55. The summed E-state index contributed by atoms with van der Waals surface area (Å²) in [6.07, 6.45) is 0.254. The first-order valence-electron chi connectivity index (χ1n) is 8.55. The fraction of sp³-hybridized carbons (Fsp3) is 0.238. The van der Waals surface area contributed by atoms with Crippen molar-refractivity contribution in [2.24, 2.45) is 0 Å². The molecule has 0 spiro atoms. The van der Waals surface area contributed by atoms with Gasteiger partial charge in [0.2, 0.25) is 5.91 Å². The zero-order valence-corrected chi connectivity index (χ0v) is 16.6. The molecule has 5 nitrogen and oxygen atoms in total. The number of nitrogens with zero attached hydrogens (tertiary/aromatic N) is 1. The predicted molar refractivity (Wildman–Crippen MR) is 109 cm³/mol. The Labute approximate surface area is 163 Å². The van der Waals surface area contributed by atoms with Crippen LogP contribution in [-0.2, 0) is 11.2 Å². The summed E-state index contributed by atoms with van der Waals surface area (Å²) in [5.74, 6) is 1.11. The SMILES string of the molecule is COc1ccc(NC(=O)Cc2sc(C)nc2-c2ccc(C)cc2)c(OC)c1. The summed E-state index contributed by atoms with van der Waals surface area (Å²) in [7, 11) is 3.15. The molecule has 1 aromatic heterocycles. The molecular formula is C21H22N2O3S. The number of hydrogen-bond donors (Lipinski definition) is 1. The van der Waals surface area contributed by atoms with Crippen LogP contribution < -0.4 is 14.8 Å². The Bertz CT molecular complexity index is 949. The molecule has 0 aliphatic carbocycles. The highest BCUT2D eigenvalue weighted by Gasteiger charge is 2.16. The molecule has 0 saturated carbocycles. The number of aromatic nitrogens is 1. The molecule has 3 rings (SSSR count). The molecule has 6 heteroatoms. The Morgan fingerprint density at radius 1 is 1.07 bits per heavy atom. The minimum absolute atomic E-state index is 0.115. The van der Waals surface area contributed by atoms with Gasteiger partial charge in [-0.15, -0.1) is 11.3 Å². The van der Waals surface area contributed by atoms with Crippen molar-refractivity contribution >= 4 is 22.9 Å². The van der Waals surface area contributed by atoms with Crippen LogP contribution in [0.4, 0.5) is 5.69 Å². The van der Waals surface area contributed by atoms with E-state index in [0.29, 0.717) is 17.2 Å². The number of aryl methyl sites for hydroxylation is 2. The highest BCUT2D eigenvalue weighted by atomic mass is 32.1. The lowest BCUT2D eigenvalue weighted by Crippen LogP contribution is -2.15. The van der Waals surface area contributed by atoms with Gasteiger partial charge in [-0.25, -0.2) is 4.98 Å². The minimum atomic E-state index is -0.115. The summed E-state index contributed by atoms with van der Waals surface area (Å²) in [5.41, 5.74) is 3.70. The third kappa shape index (κ3) is 4.46. The van der Waals surface area contributed by atoms with Gasteiger partial charge in [0.05, 0.1) is 37.0 Å². The molecule has 0 aliphatic rings. The van der Waals surface area contributed by atoms with Gasteiger partial charge in [0.15, 0.2) is 0 Å². The van der Waals surface area contributed by atoms with Crippen LogP contribution in [0.5, 0.6) is 11.5 Å². The number of anilines is 1. The van der Waals surface area contributed by atoms with Gasteiger partial charge >= 0.3 is 0 Å². The van der Waals surface area contributed by atoms with Crippen molar-refractivity contribution in [1.82, 2.24) is 4.98 Å². The highest BCUT2D eigenvalue weighted by Crippen LogP contribution is 2.31. The Morgan fingerprint density at radius 2 is 1.81 bits per heavy atom. The van der Waals surface area contributed by atoms with E-state index in [9.17, 15) is 4.79 Å². The molecule has 0 saturated heterocycles. The zero-order valence-electron chi connectivity index (χ0n) is 15.8. The van der Waals surface area contributed by atoms with Gasteiger partial charge in [-0.3, -0.25) is 4.79 Å². The highest BCUT2D eigenvalue weighted by molar-refractivity contribution is 7.12. The summed E-state index contributed by atoms with van der Waals surface area (Å²) in [5, 5.41) is 3.86. The number of hydrogen-bond acceptors (Lipinski definition) is 5. The Morgan fingerprint density at radius 3 is 2.48 bits per heavy atom. The van der Waals surface area contributed by atoms with E-state index in [2.05, 4.69) is 22.4 Å². The van der Waals surface area contributed by atoms with Crippen LogP contribution in [0.2, 0.25) is 0 Å². The van der Waals surface area contributed by atoms with E-state index in [4.69, 9.17) is 9.47 Å². The van der Waals surface area contributed by atoms with Crippen molar-refractivity contribution < 1.29 is 14.3 Å². The Balaban J connectivity index is 1.80. The number of rotatable bonds is 6. The maximum Gasteiger partial charge on any atom is 0.229 e. The van der Waals surface area contributed by atoms with E-state index in [1.165, 1.54) is 5.56 Å². The zero-order chi connectivity index (χ0) is 19.4. The summed E-state index contributed by atoms with van der Waals surface area (Å²) in [4.78, 5) is 18.2. The van der Waals surface area contributed by atoms with Crippen LogP contribution >= 0.6 is 11.3 Å². The van der Waals surface area contributed by atoms with E-state index < -0.39 is 0 Å². The second-order valence-electron chi connectivity index (χ2n) is 6.16. The largest absolute Gasteiger partial charge is 0.497 e. The van der Waals surface area contributed by atoms with Gasteiger partial charge in [-0.1, -0.05) is 29.8 Å². The van der Waals surface area contributed by atoms with Gasteiger partial charge in [0, 0.05) is 16.5 Å². The van der Waals surface area contributed by atoms with Crippen molar-refractivity contribution in [3.05, 3.63) is 57.9 Å². The first-order chi connectivity index (χ1) is 13.0. The van der Waals surface area contributed by atoms with E-state index in [1.807, 2.05) is 26.0 Å². The topological polar surface area (TPSA) is 60.5 Å². The third-order valence-electron chi connectivity index (χ3n) is 4.13. The molecule has 1 amide bonds. The average molecular weight is 382 g/mol. The third-order valence-corrected chi connectivity index (χ3v) is 5.10. The lowest BCUT2D eigenvalue weighted by Gasteiger charge is -2.11. The molecule has 140 valence electrons. The first-order valence-corrected chi connectivity index (χ1v) is 9.37. The standard InChI is InChI=1S/C21H22N2O3S/c1-13-5-7-15(8-6-13)21-19(27-14(2)22-21)12-20(24)23-17-10-9-16(25-3)11-18(17)26-4/h5-11H,12H2,1-4H3,(H,23,24). The predicted octanol–water partition coefficient (Wildman–Crippen LogP) is 4.63. The van der Waals surface area contributed by atoms with Crippen LogP contribution in [0, 0.1) is 13.8 Å². The number of amides is 1. The minimum Gasteiger partial charge on any atom is -0.497 e. The first kappa shape index (κ1) is 18.9. The molecule has 0 fully saturated rings. The number of nitrogens with one attached hydrogen (secondary N) is 1. The molecule has 1 heterocycles. The molecule has 0 unspecified atom stereocenters. The number of benzene rings is 2. The van der Waals surface area contributed by atoms with Gasteiger partial charge in [-0.2, -0.15) is 0 Å². The lowest BCUT2D eigenvalue weighted by molar-refractivity contribution is -0.115. The van der Waals surface area contributed by atoms with Crippen LogP contribution in [0.15, 0.2) is 42.5 Å². The molecule has 3 aromatic rings. The van der Waals surface area contributed by atoms with Crippen molar-refractivity contribution in [2.45, 2.75) is 20.3 Å². The quantitative estimate of drug-likeness (QED) is 0.675. The van der Waals surface area contributed by atoms with Crippen LogP contribution in [0.25, 0.3) is 11.3 Å². The van der Waals surface area contributed by atoms with Crippen LogP contribution in [0.1, 0.15) is 15.4 Å². The second-order valence-corrected chi connectivity index (χ2v) is 7.45. The summed E-state index contributed by atoms with van der Waals surface area (Å²) < 4.78 is 10.5. The average Bonchev–Trinajstić information content (AvgIpc) is 3.02. The maximum atomic E-state index is 12.6. The van der Waals surface area contributed by atoms with E-state index in [1.54, 1.807) is 43.8 Å². The second kappa shape index (κ2) is 8.22. The fourth-order valence-corrected chi connectivity index (χ4v) is 3.72. The number of methoxy groups -OCH3 is 2. The lowest BCUT2D eigenvalue weighted by atomic mass is 10.1. The summed E-state index contributed by atoms with van der Waals surface area (Å²) in [6, 6.07) is 13.5. The number of thiazole rings is 1. The van der Waals surface area contributed by atoms with Crippen molar-refractivity contribution in [3.63, 3.8) is 0 Å². The summed E-state index contributed by atoms with van der Waals surface area (Å²) in [6.45, 7) is 4.00. The Hall–Kier alpha value is -2.86. The molecular weight excluding hydrogens is 360 g/mol. The number of carbonyl (C=O) groups excluding carboxylic acids is 1. The van der Waals surface area contributed by atoms with Crippen molar-refractivity contribution in [3.8, 4) is 22.8 Å². The molecule has 0 aliphatic heterocycles. The molecule has 27 heavy (non-hydrogen) atoms.